The zero-order valence-corrected chi connectivity index (χ0v) is 13.0. The Morgan fingerprint density at radius 2 is 2.09 bits per heavy atom. The smallest absolute Gasteiger partial charge is 0.216 e. The normalized spacial score (nSPS) is 11.0. The van der Waals surface area contributed by atoms with Gasteiger partial charge >= 0.3 is 0 Å². The fourth-order valence-electron chi connectivity index (χ4n) is 2.05. The molecule has 0 aliphatic rings. The second-order valence-electron chi connectivity index (χ2n) is 4.66. The maximum atomic E-state index is 13.7. The number of ether oxygens (including phenoxy) is 1. The molecule has 5 nitrogen and oxygen atoms in total. The van der Waals surface area contributed by atoms with E-state index in [4.69, 9.17) is 17.0 Å². The summed E-state index contributed by atoms with van der Waals surface area (Å²) in [6.07, 6.45) is 1.41. The Kier molecular flexibility index (Phi) is 4.29. The minimum atomic E-state index is -0.353. The third-order valence-electron chi connectivity index (χ3n) is 3.20. The van der Waals surface area contributed by atoms with Gasteiger partial charge in [-0.1, -0.05) is 30.3 Å². The average molecular weight is 328 g/mol. The summed E-state index contributed by atoms with van der Waals surface area (Å²) < 4.78 is 20.6. The van der Waals surface area contributed by atoms with E-state index in [-0.39, 0.29) is 5.82 Å². The molecule has 23 heavy (non-hydrogen) atoms. The van der Waals surface area contributed by atoms with Crippen LogP contribution in [0.2, 0.25) is 0 Å². The quantitative estimate of drug-likeness (QED) is 0.588. The first kappa shape index (κ1) is 15.1. The molecule has 3 aromatic rings. The molecular formula is C16H13FN4OS. The lowest BCUT2D eigenvalue weighted by molar-refractivity contribution is 0.415. The van der Waals surface area contributed by atoms with Crippen molar-refractivity contribution in [2.45, 2.75) is 0 Å². The molecule has 3 rings (SSSR count). The molecule has 0 atom stereocenters. The van der Waals surface area contributed by atoms with Crippen molar-refractivity contribution >= 4 is 18.4 Å². The van der Waals surface area contributed by atoms with E-state index in [1.54, 1.807) is 25.3 Å². The van der Waals surface area contributed by atoms with Gasteiger partial charge in [0.1, 0.15) is 11.6 Å². The molecule has 7 heteroatoms. The molecule has 0 unspecified atom stereocenters. The van der Waals surface area contributed by atoms with E-state index in [1.165, 1.54) is 17.0 Å². The molecule has 1 N–H and O–H groups in total. The van der Waals surface area contributed by atoms with Crippen molar-refractivity contribution in [1.82, 2.24) is 14.9 Å². The molecule has 1 aromatic heterocycles. The molecule has 0 spiro atoms. The van der Waals surface area contributed by atoms with Gasteiger partial charge in [-0.2, -0.15) is 14.9 Å². The van der Waals surface area contributed by atoms with Crippen LogP contribution in [0.25, 0.3) is 11.4 Å². The summed E-state index contributed by atoms with van der Waals surface area (Å²) in [5, 5.41) is 11.1. The van der Waals surface area contributed by atoms with Gasteiger partial charge in [0.25, 0.3) is 0 Å². The first-order valence-electron chi connectivity index (χ1n) is 6.80. The zero-order chi connectivity index (χ0) is 16.2. The van der Waals surface area contributed by atoms with Gasteiger partial charge in [0.15, 0.2) is 5.82 Å². The van der Waals surface area contributed by atoms with Gasteiger partial charge in [0.2, 0.25) is 4.77 Å². The average Bonchev–Trinajstić information content (AvgIpc) is 2.95. The first-order chi connectivity index (χ1) is 11.2. The lowest BCUT2D eigenvalue weighted by Gasteiger charge is -2.04. The van der Waals surface area contributed by atoms with E-state index < -0.39 is 0 Å². The van der Waals surface area contributed by atoms with Crippen LogP contribution in [0.4, 0.5) is 4.39 Å². The van der Waals surface area contributed by atoms with Crippen LogP contribution in [0, 0.1) is 10.6 Å². The van der Waals surface area contributed by atoms with E-state index in [0.717, 1.165) is 5.56 Å². The van der Waals surface area contributed by atoms with Crippen molar-refractivity contribution in [3.05, 3.63) is 64.7 Å². The molecule has 0 fully saturated rings. The van der Waals surface area contributed by atoms with Crippen molar-refractivity contribution < 1.29 is 9.13 Å². The van der Waals surface area contributed by atoms with Crippen LogP contribution < -0.4 is 4.74 Å². The molecule has 0 saturated carbocycles. The van der Waals surface area contributed by atoms with E-state index in [9.17, 15) is 4.39 Å². The Balaban J connectivity index is 2.02. The Morgan fingerprint density at radius 1 is 1.26 bits per heavy atom. The molecule has 0 bridgehead atoms. The van der Waals surface area contributed by atoms with Crippen molar-refractivity contribution in [1.29, 1.82) is 0 Å². The van der Waals surface area contributed by atoms with Gasteiger partial charge in [-0.05, 0) is 30.4 Å². The first-order valence-corrected chi connectivity index (χ1v) is 7.20. The fourth-order valence-corrected chi connectivity index (χ4v) is 2.23. The Bertz CT molecular complexity index is 916. The SMILES string of the molecule is COc1cccc(-c2n[nH]c(=S)n2/N=C/c2ccccc2F)c1. The molecule has 0 aliphatic heterocycles. The molecule has 0 amide bonds. The number of nitrogens with zero attached hydrogens (tertiary/aromatic N) is 3. The van der Waals surface area contributed by atoms with Gasteiger partial charge in [-0.3, -0.25) is 0 Å². The van der Waals surface area contributed by atoms with Crippen LogP contribution in [-0.2, 0) is 0 Å². The van der Waals surface area contributed by atoms with E-state index in [0.29, 0.717) is 21.9 Å². The van der Waals surface area contributed by atoms with Crippen molar-refractivity contribution in [2.24, 2.45) is 5.10 Å². The number of H-pyrrole nitrogens is 1. The third kappa shape index (κ3) is 3.19. The van der Waals surface area contributed by atoms with Gasteiger partial charge < -0.3 is 4.74 Å². The highest BCUT2D eigenvalue weighted by Crippen LogP contribution is 2.22. The second-order valence-corrected chi connectivity index (χ2v) is 5.05. The highest BCUT2D eigenvalue weighted by atomic mass is 32.1. The Hall–Kier alpha value is -2.80. The maximum Gasteiger partial charge on any atom is 0.216 e. The minimum absolute atomic E-state index is 0.315. The van der Waals surface area contributed by atoms with Crippen LogP contribution in [0.1, 0.15) is 5.56 Å². The lowest BCUT2D eigenvalue weighted by atomic mass is 10.2. The van der Waals surface area contributed by atoms with E-state index in [1.807, 2.05) is 24.3 Å². The molecule has 0 saturated heterocycles. The standard InChI is InChI=1S/C16H13FN4OS/c1-22-13-7-4-6-11(9-13)15-19-20-16(23)21(15)18-10-12-5-2-3-8-14(12)17/h2-10H,1H3,(H,20,23)/b18-10+. The van der Waals surface area contributed by atoms with Gasteiger partial charge in [0.05, 0.1) is 13.3 Å². The summed E-state index contributed by atoms with van der Waals surface area (Å²) in [5.41, 5.74) is 1.15. The number of halogens is 1. The van der Waals surface area contributed by atoms with Gasteiger partial charge in [-0.15, -0.1) is 0 Å². The predicted octanol–water partition coefficient (Wildman–Crippen LogP) is 3.64. The number of methoxy groups -OCH3 is 1. The van der Waals surface area contributed by atoms with Crippen molar-refractivity contribution in [2.75, 3.05) is 7.11 Å². The van der Waals surface area contributed by atoms with Crippen LogP contribution in [0.15, 0.2) is 53.6 Å². The number of nitrogens with one attached hydrogen (secondary N) is 1. The van der Waals surface area contributed by atoms with E-state index in [2.05, 4.69) is 15.3 Å². The summed E-state index contributed by atoms with van der Waals surface area (Å²) in [6.45, 7) is 0. The van der Waals surface area contributed by atoms with Crippen LogP contribution in [0.3, 0.4) is 0 Å². The van der Waals surface area contributed by atoms with Crippen LogP contribution in [0.5, 0.6) is 5.75 Å². The van der Waals surface area contributed by atoms with E-state index >= 15 is 0 Å². The maximum absolute atomic E-state index is 13.7. The number of aromatic amines is 1. The molecule has 0 radical (unpaired) electrons. The number of rotatable bonds is 4. The summed E-state index contributed by atoms with van der Waals surface area (Å²) in [6, 6.07) is 13.7. The molecule has 116 valence electrons. The van der Waals surface area contributed by atoms with Crippen LogP contribution >= 0.6 is 12.2 Å². The molecule has 2 aromatic carbocycles. The third-order valence-corrected chi connectivity index (χ3v) is 3.46. The summed E-state index contributed by atoms with van der Waals surface area (Å²) >= 11 is 5.19. The number of aromatic nitrogens is 3. The highest BCUT2D eigenvalue weighted by molar-refractivity contribution is 7.71. The Labute approximate surface area is 137 Å². The summed E-state index contributed by atoms with van der Waals surface area (Å²) in [7, 11) is 1.59. The van der Waals surface area contributed by atoms with Gasteiger partial charge in [-0.25, -0.2) is 9.49 Å². The van der Waals surface area contributed by atoms with Crippen molar-refractivity contribution in [3.63, 3.8) is 0 Å². The summed E-state index contributed by atoms with van der Waals surface area (Å²) in [5.74, 6) is 0.858. The number of hydrogen-bond acceptors (Lipinski definition) is 4. The molecular weight excluding hydrogens is 315 g/mol. The largest absolute Gasteiger partial charge is 0.497 e. The zero-order valence-electron chi connectivity index (χ0n) is 12.2. The molecule has 0 aliphatic carbocycles. The monoisotopic (exact) mass is 328 g/mol. The molecule has 1 heterocycles. The van der Waals surface area contributed by atoms with Crippen LogP contribution in [-0.4, -0.2) is 28.2 Å². The highest BCUT2D eigenvalue weighted by Gasteiger charge is 2.09. The number of hydrogen-bond donors (Lipinski definition) is 1. The summed E-state index contributed by atoms with van der Waals surface area (Å²) in [4.78, 5) is 0. The minimum Gasteiger partial charge on any atom is -0.497 e. The lowest BCUT2D eigenvalue weighted by Crippen LogP contribution is -1.96. The fraction of sp³-hybridized carbons (Fsp3) is 0.0625. The predicted molar refractivity (Wildman–Crippen MR) is 88.8 cm³/mol. The van der Waals surface area contributed by atoms with Crippen molar-refractivity contribution in [3.8, 4) is 17.1 Å². The second kappa shape index (κ2) is 6.53. The topological polar surface area (TPSA) is 55.2 Å². The number of benzene rings is 2. The Morgan fingerprint density at radius 3 is 2.87 bits per heavy atom. The van der Waals surface area contributed by atoms with Gasteiger partial charge in [0, 0.05) is 11.1 Å².